The summed E-state index contributed by atoms with van der Waals surface area (Å²) in [6.07, 6.45) is 11.1. The lowest BCUT2D eigenvalue weighted by Gasteiger charge is -2.40. The summed E-state index contributed by atoms with van der Waals surface area (Å²) in [5.41, 5.74) is 14.6. The Balaban J connectivity index is 1.76. The molecule has 2 aromatic carbocycles. The largest absolute Gasteiger partial charge is 0.399 e. The summed E-state index contributed by atoms with van der Waals surface area (Å²) in [4.78, 5) is -2.03. The summed E-state index contributed by atoms with van der Waals surface area (Å²) in [5.74, 6) is 0. The van der Waals surface area contributed by atoms with Gasteiger partial charge in [-0.15, -0.1) is 35.0 Å². The Labute approximate surface area is 227 Å². The number of alkyl halides is 2. The monoisotopic (exact) mass is 576 g/mol. The molecule has 4 rings (SSSR count). The second kappa shape index (κ2) is 9.62. The van der Waals surface area contributed by atoms with E-state index in [-0.39, 0.29) is 10.5 Å². The van der Waals surface area contributed by atoms with Crippen molar-refractivity contribution >= 4 is 92.7 Å². The van der Waals surface area contributed by atoms with Crippen LogP contribution >= 0.6 is 81.4 Å². The summed E-state index contributed by atoms with van der Waals surface area (Å²) in [7, 11) is 0. The molecule has 0 aliphatic heterocycles. The van der Waals surface area contributed by atoms with E-state index in [4.69, 9.17) is 81.1 Å². The van der Waals surface area contributed by atoms with Gasteiger partial charge in [0.15, 0.2) is 0 Å². The molecule has 2 aromatic rings. The standard InChI is InChI=1S/C24H18Cl6N2S/c25-15-1-3-21(23(29,11-15)13-5-17(27)9-19(31)7-13)33-22-4-2-16(26)12-24(22,30)14-6-18(28)10-20(32)8-14/h1-12,21-22H,31-32H2. The maximum atomic E-state index is 7.25. The Morgan fingerprint density at radius 3 is 1.39 bits per heavy atom. The van der Waals surface area contributed by atoms with Crippen molar-refractivity contribution in [3.63, 3.8) is 0 Å². The van der Waals surface area contributed by atoms with Gasteiger partial charge in [-0.25, -0.2) is 0 Å². The lowest BCUT2D eigenvalue weighted by atomic mass is 9.90. The molecule has 9 heteroatoms. The van der Waals surface area contributed by atoms with E-state index < -0.39 is 9.75 Å². The Kier molecular flexibility index (Phi) is 7.34. The van der Waals surface area contributed by atoms with E-state index >= 15 is 0 Å². The number of thioether (sulfide) groups is 1. The van der Waals surface area contributed by atoms with Crippen molar-refractivity contribution in [3.05, 3.63) is 104 Å². The smallest absolute Gasteiger partial charge is 0.105 e. The average Bonchev–Trinajstić information content (AvgIpc) is 2.70. The van der Waals surface area contributed by atoms with Crippen LogP contribution in [0.3, 0.4) is 0 Å². The fourth-order valence-electron chi connectivity index (χ4n) is 3.91. The van der Waals surface area contributed by atoms with E-state index in [9.17, 15) is 0 Å². The van der Waals surface area contributed by atoms with Crippen molar-refractivity contribution in [2.24, 2.45) is 0 Å². The van der Waals surface area contributed by atoms with E-state index in [1.165, 1.54) is 0 Å². The number of nitrogens with two attached hydrogens (primary N) is 2. The molecule has 172 valence electrons. The first-order valence-corrected chi connectivity index (χ1v) is 13.0. The molecule has 0 aromatic heterocycles. The van der Waals surface area contributed by atoms with Gasteiger partial charge < -0.3 is 11.5 Å². The first-order valence-electron chi connectivity index (χ1n) is 9.79. The maximum Gasteiger partial charge on any atom is 0.105 e. The zero-order valence-corrected chi connectivity index (χ0v) is 22.3. The molecule has 0 amide bonds. The minimum Gasteiger partial charge on any atom is -0.399 e. The molecule has 33 heavy (non-hydrogen) atoms. The maximum absolute atomic E-state index is 7.25. The molecule has 2 nitrogen and oxygen atoms in total. The van der Waals surface area contributed by atoms with Crippen LogP contribution < -0.4 is 11.5 Å². The number of hydrogen-bond donors (Lipinski definition) is 2. The summed E-state index contributed by atoms with van der Waals surface area (Å²) in [6, 6.07) is 10.5. The molecule has 0 saturated heterocycles. The van der Waals surface area contributed by atoms with Crippen LogP contribution in [-0.2, 0) is 9.75 Å². The van der Waals surface area contributed by atoms with Crippen LogP contribution in [0, 0.1) is 0 Å². The summed E-state index contributed by atoms with van der Waals surface area (Å²) in [5, 5.41) is 1.47. The SMILES string of the molecule is Nc1cc(Cl)cc(C2(Cl)C=C(Cl)C=CC2SC2C=CC(Cl)=CC2(Cl)c2cc(N)cc(Cl)c2)c1. The molecule has 2 aliphatic rings. The van der Waals surface area contributed by atoms with Gasteiger partial charge >= 0.3 is 0 Å². The number of benzene rings is 2. The predicted molar refractivity (Wildman–Crippen MR) is 148 cm³/mol. The minimum atomic E-state index is -1.01. The molecular weight excluding hydrogens is 561 g/mol. The Morgan fingerprint density at radius 1 is 0.636 bits per heavy atom. The zero-order chi connectivity index (χ0) is 24.0. The third-order valence-electron chi connectivity index (χ3n) is 5.40. The van der Waals surface area contributed by atoms with Gasteiger partial charge in [-0.2, -0.15) is 0 Å². The van der Waals surface area contributed by atoms with Crippen molar-refractivity contribution in [1.82, 2.24) is 0 Å². The van der Waals surface area contributed by atoms with Crippen LogP contribution in [0.1, 0.15) is 11.1 Å². The average molecular weight is 579 g/mol. The first kappa shape index (κ1) is 25.2. The minimum absolute atomic E-state index is 0.269. The van der Waals surface area contributed by atoms with Crippen LogP contribution in [0.2, 0.25) is 10.0 Å². The third-order valence-corrected chi connectivity index (χ3v) is 9.34. The fourth-order valence-corrected chi connectivity index (χ4v) is 7.36. The van der Waals surface area contributed by atoms with Gasteiger partial charge in [0.05, 0.1) is 10.5 Å². The van der Waals surface area contributed by atoms with E-state index in [0.29, 0.717) is 31.5 Å². The molecule has 0 radical (unpaired) electrons. The van der Waals surface area contributed by atoms with Gasteiger partial charge in [0, 0.05) is 31.5 Å². The normalized spacial score (nSPS) is 29.0. The highest BCUT2D eigenvalue weighted by atomic mass is 35.5. The van der Waals surface area contributed by atoms with E-state index in [1.807, 2.05) is 24.3 Å². The van der Waals surface area contributed by atoms with E-state index in [0.717, 1.165) is 11.1 Å². The second-order valence-corrected chi connectivity index (χ2v) is 12.1. The lowest BCUT2D eigenvalue weighted by Crippen LogP contribution is -2.37. The van der Waals surface area contributed by atoms with Crippen LogP contribution in [0.15, 0.2) is 82.9 Å². The molecule has 2 aliphatic carbocycles. The third kappa shape index (κ3) is 5.21. The molecule has 0 saturated carbocycles. The fraction of sp³-hybridized carbons (Fsp3) is 0.167. The van der Waals surface area contributed by atoms with Gasteiger partial charge in [-0.05, 0) is 71.8 Å². The number of nitrogen functional groups attached to an aromatic ring is 2. The molecule has 0 spiro atoms. The number of hydrogen-bond acceptors (Lipinski definition) is 3. The predicted octanol–water partition coefficient (Wildman–Crippen LogP) is 8.58. The van der Waals surface area contributed by atoms with Gasteiger partial charge in [-0.3, -0.25) is 0 Å². The first-order chi connectivity index (χ1) is 15.5. The quantitative estimate of drug-likeness (QED) is 0.282. The Morgan fingerprint density at radius 2 is 1.03 bits per heavy atom. The molecule has 0 fully saturated rings. The van der Waals surface area contributed by atoms with E-state index in [2.05, 4.69) is 0 Å². The van der Waals surface area contributed by atoms with Crippen LogP contribution in [0.25, 0.3) is 0 Å². The van der Waals surface area contributed by atoms with Crippen molar-refractivity contribution < 1.29 is 0 Å². The zero-order valence-electron chi connectivity index (χ0n) is 16.9. The second-order valence-electron chi connectivity index (χ2n) is 7.84. The number of halogens is 6. The van der Waals surface area contributed by atoms with Crippen molar-refractivity contribution in [2.45, 2.75) is 20.2 Å². The van der Waals surface area contributed by atoms with Crippen molar-refractivity contribution in [1.29, 1.82) is 0 Å². The summed E-state index contributed by atoms with van der Waals surface area (Å²) >= 11 is 41.3. The van der Waals surface area contributed by atoms with Crippen LogP contribution in [0.4, 0.5) is 11.4 Å². The number of rotatable bonds is 4. The Hall–Kier alpha value is -0.910. The van der Waals surface area contributed by atoms with Gasteiger partial charge in [-0.1, -0.05) is 58.6 Å². The number of anilines is 2. The molecule has 4 N–H and O–H groups in total. The molecule has 4 atom stereocenters. The van der Waals surface area contributed by atoms with Crippen molar-refractivity contribution in [3.8, 4) is 0 Å². The highest BCUT2D eigenvalue weighted by Crippen LogP contribution is 2.53. The van der Waals surface area contributed by atoms with Gasteiger partial charge in [0.2, 0.25) is 0 Å². The summed E-state index contributed by atoms with van der Waals surface area (Å²) < 4.78 is 0. The molecule has 0 heterocycles. The molecule has 0 bridgehead atoms. The topological polar surface area (TPSA) is 52.0 Å². The van der Waals surface area contributed by atoms with Gasteiger partial charge in [0.1, 0.15) is 9.75 Å². The van der Waals surface area contributed by atoms with Crippen molar-refractivity contribution in [2.75, 3.05) is 11.5 Å². The lowest BCUT2D eigenvalue weighted by molar-refractivity contribution is 0.745. The van der Waals surface area contributed by atoms with Gasteiger partial charge in [0.25, 0.3) is 0 Å². The molecule has 4 unspecified atom stereocenters. The van der Waals surface area contributed by atoms with Crippen LogP contribution in [-0.4, -0.2) is 10.5 Å². The molecular formula is C24H18Cl6N2S. The number of allylic oxidation sites excluding steroid dienone is 6. The highest BCUT2D eigenvalue weighted by molar-refractivity contribution is 8.01. The van der Waals surface area contributed by atoms with Crippen LogP contribution in [0.5, 0.6) is 0 Å². The van der Waals surface area contributed by atoms with E-state index in [1.54, 1.807) is 60.3 Å². The summed E-state index contributed by atoms with van der Waals surface area (Å²) in [6.45, 7) is 0. The Bertz CT molecular complexity index is 1090. The highest BCUT2D eigenvalue weighted by Gasteiger charge is 2.45.